The standard InChI is InChI=1S/C12H18ClNO3S/c1-4-14(9(2)3)18(16,17)11-5-6-12(13)10(7-11)8-15/h5-7,9,15H,4,8H2,1-3H3. The van der Waals surface area contributed by atoms with Gasteiger partial charge < -0.3 is 5.11 Å². The first kappa shape index (κ1) is 15.4. The lowest BCUT2D eigenvalue weighted by Gasteiger charge is -2.24. The molecular weight excluding hydrogens is 274 g/mol. The van der Waals surface area contributed by atoms with Gasteiger partial charge in [-0.15, -0.1) is 0 Å². The molecule has 4 nitrogen and oxygen atoms in total. The maximum Gasteiger partial charge on any atom is 0.243 e. The third-order valence-corrected chi connectivity index (χ3v) is 5.20. The van der Waals surface area contributed by atoms with Crippen LogP contribution in [-0.2, 0) is 16.6 Å². The molecule has 0 bridgehead atoms. The van der Waals surface area contributed by atoms with E-state index in [2.05, 4.69) is 0 Å². The molecule has 0 aliphatic rings. The molecule has 1 rings (SSSR count). The normalized spacial score (nSPS) is 12.4. The first-order valence-corrected chi connectivity index (χ1v) is 7.57. The molecule has 0 saturated heterocycles. The van der Waals surface area contributed by atoms with E-state index in [1.165, 1.54) is 22.5 Å². The number of rotatable bonds is 5. The highest BCUT2D eigenvalue weighted by molar-refractivity contribution is 7.89. The first-order valence-electron chi connectivity index (χ1n) is 5.75. The summed E-state index contributed by atoms with van der Waals surface area (Å²) in [6, 6.07) is 4.26. The van der Waals surface area contributed by atoms with Crippen molar-refractivity contribution in [1.29, 1.82) is 0 Å². The highest BCUT2D eigenvalue weighted by atomic mass is 35.5. The minimum Gasteiger partial charge on any atom is -0.392 e. The molecule has 0 atom stereocenters. The molecule has 102 valence electrons. The quantitative estimate of drug-likeness (QED) is 0.905. The third kappa shape index (κ3) is 3.03. The fourth-order valence-electron chi connectivity index (χ4n) is 1.78. The van der Waals surface area contributed by atoms with E-state index in [4.69, 9.17) is 16.7 Å². The molecule has 6 heteroatoms. The maximum atomic E-state index is 12.4. The zero-order chi connectivity index (χ0) is 13.9. The maximum absolute atomic E-state index is 12.4. The number of aliphatic hydroxyl groups excluding tert-OH is 1. The van der Waals surface area contributed by atoms with Gasteiger partial charge in [-0.1, -0.05) is 18.5 Å². The number of hydrogen-bond donors (Lipinski definition) is 1. The first-order chi connectivity index (χ1) is 8.34. The Labute approximate surface area is 113 Å². The van der Waals surface area contributed by atoms with Gasteiger partial charge in [-0.25, -0.2) is 8.42 Å². The van der Waals surface area contributed by atoms with Crippen LogP contribution in [0.5, 0.6) is 0 Å². The molecule has 0 aliphatic carbocycles. The average molecular weight is 292 g/mol. The van der Waals surface area contributed by atoms with E-state index >= 15 is 0 Å². The van der Waals surface area contributed by atoms with Gasteiger partial charge in [0.25, 0.3) is 0 Å². The van der Waals surface area contributed by atoms with Gasteiger partial charge in [0.15, 0.2) is 0 Å². The Morgan fingerprint density at radius 2 is 2.00 bits per heavy atom. The van der Waals surface area contributed by atoms with Crippen LogP contribution in [0.1, 0.15) is 26.3 Å². The van der Waals surface area contributed by atoms with Gasteiger partial charge in [0, 0.05) is 17.6 Å². The molecule has 1 aromatic carbocycles. The van der Waals surface area contributed by atoms with Crippen molar-refractivity contribution in [2.24, 2.45) is 0 Å². The van der Waals surface area contributed by atoms with Crippen LogP contribution >= 0.6 is 11.6 Å². The number of nitrogens with zero attached hydrogens (tertiary/aromatic N) is 1. The van der Waals surface area contributed by atoms with Crippen molar-refractivity contribution in [3.05, 3.63) is 28.8 Å². The fourth-order valence-corrected chi connectivity index (χ4v) is 3.66. The van der Waals surface area contributed by atoms with Crippen LogP contribution in [0.25, 0.3) is 0 Å². The molecule has 1 N–H and O–H groups in total. The van der Waals surface area contributed by atoms with Crippen LogP contribution in [0.15, 0.2) is 23.1 Å². The molecule has 0 aromatic heterocycles. The predicted octanol–water partition coefficient (Wildman–Crippen LogP) is 2.25. The van der Waals surface area contributed by atoms with E-state index in [9.17, 15) is 8.42 Å². The Balaban J connectivity index is 3.28. The Morgan fingerprint density at radius 1 is 1.39 bits per heavy atom. The number of benzene rings is 1. The van der Waals surface area contributed by atoms with Crippen LogP contribution in [0.2, 0.25) is 5.02 Å². The van der Waals surface area contributed by atoms with E-state index in [1.807, 2.05) is 13.8 Å². The van der Waals surface area contributed by atoms with Crippen molar-refractivity contribution in [3.8, 4) is 0 Å². The highest BCUT2D eigenvalue weighted by Crippen LogP contribution is 2.23. The van der Waals surface area contributed by atoms with E-state index in [1.54, 1.807) is 6.92 Å². The van der Waals surface area contributed by atoms with E-state index in [0.717, 1.165) is 0 Å². The van der Waals surface area contributed by atoms with Crippen molar-refractivity contribution in [2.45, 2.75) is 38.3 Å². The van der Waals surface area contributed by atoms with Crippen molar-refractivity contribution in [2.75, 3.05) is 6.54 Å². The largest absolute Gasteiger partial charge is 0.392 e. The van der Waals surface area contributed by atoms with Crippen LogP contribution in [0.3, 0.4) is 0 Å². The average Bonchev–Trinajstić information content (AvgIpc) is 2.29. The monoisotopic (exact) mass is 291 g/mol. The Hall–Kier alpha value is -0.620. The minimum atomic E-state index is -3.54. The topological polar surface area (TPSA) is 57.6 Å². The Morgan fingerprint density at radius 3 is 2.44 bits per heavy atom. The molecule has 0 radical (unpaired) electrons. The van der Waals surface area contributed by atoms with Crippen LogP contribution in [0.4, 0.5) is 0 Å². The second-order valence-electron chi connectivity index (χ2n) is 4.21. The summed E-state index contributed by atoms with van der Waals surface area (Å²) in [4.78, 5) is 0.159. The zero-order valence-electron chi connectivity index (χ0n) is 10.7. The number of halogens is 1. The van der Waals surface area contributed by atoms with Gasteiger partial charge in [-0.2, -0.15) is 4.31 Å². The SMILES string of the molecule is CCN(C(C)C)S(=O)(=O)c1ccc(Cl)c(CO)c1. The van der Waals surface area contributed by atoms with E-state index < -0.39 is 10.0 Å². The lowest BCUT2D eigenvalue weighted by Crippen LogP contribution is -2.36. The molecule has 0 fully saturated rings. The fraction of sp³-hybridized carbons (Fsp3) is 0.500. The van der Waals surface area contributed by atoms with Crippen LogP contribution in [-0.4, -0.2) is 30.4 Å². The van der Waals surface area contributed by atoms with E-state index in [-0.39, 0.29) is 17.5 Å². The number of hydrogen-bond acceptors (Lipinski definition) is 3. The van der Waals surface area contributed by atoms with Gasteiger partial charge in [-0.05, 0) is 37.6 Å². The van der Waals surface area contributed by atoms with Crippen molar-refractivity contribution in [3.63, 3.8) is 0 Å². The smallest absolute Gasteiger partial charge is 0.243 e. The van der Waals surface area contributed by atoms with E-state index in [0.29, 0.717) is 17.1 Å². The Bertz CT molecular complexity index is 514. The summed E-state index contributed by atoms with van der Waals surface area (Å²) in [6.45, 7) is 5.56. The lowest BCUT2D eigenvalue weighted by atomic mass is 10.2. The number of aliphatic hydroxyl groups is 1. The van der Waals surface area contributed by atoms with Crippen molar-refractivity contribution < 1.29 is 13.5 Å². The molecule has 0 saturated carbocycles. The third-order valence-electron chi connectivity index (χ3n) is 2.68. The second kappa shape index (κ2) is 6.02. The predicted molar refractivity (Wildman–Crippen MR) is 72.1 cm³/mol. The summed E-state index contributed by atoms with van der Waals surface area (Å²) in [5.74, 6) is 0. The summed E-state index contributed by atoms with van der Waals surface area (Å²) in [7, 11) is -3.54. The summed E-state index contributed by atoms with van der Waals surface area (Å²) in [5.41, 5.74) is 0.414. The molecule has 1 aromatic rings. The zero-order valence-corrected chi connectivity index (χ0v) is 12.3. The second-order valence-corrected chi connectivity index (χ2v) is 6.51. The molecule has 0 aliphatic heterocycles. The van der Waals surface area contributed by atoms with Gasteiger partial charge in [0.2, 0.25) is 10.0 Å². The van der Waals surface area contributed by atoms with Gasteiger partial charge >= 0.3 is 0 Å². The highest BCUT2D eigenvalue weighted by Gasteiger charge is 2.25. The molecule has 0 spiro atoms. The van der Waals surface area contributed by atoms with Crippen molar-refractivity contribution >= 4 is 21.6 Å². The summed E-state index contributed by atoms with van der Waals surface area (Å²) < 4.78 is 26.2. The van der Waals surface area contributed by atoms with Gasteiger partial charge in [0.1, 0.15) is 0 Å². The Kier molecular flexibility index (Phi) is 5.16. The summed E-state index contributed by atoms with van der Waals surface area (Å²) in [5, 5.41) is 9.49. The van der Waals surface area contributed by atoms with Gasteiger partial charge in [-0.3, -0.25) is 0 Å². The molecule has 0 amide bonds. The molecule has 18 heavy (non-hydrogen) atoms. The summed E-state index contributed by atoms with van der Waals surface area (Å²) in [6.07, 6.45) is 0. The lowest BCUT2D eigenvalue weighted by molar-refractivity contribution is 0.281. The van der Waals surface area contributed by atoms with Gasteiger partial charge in [0.05, 0.1) is 11.5 Å². The minimum absolute atomic E-state index is 0.117. The molecule has 0 heterocycles. The van der Waals surface area contributed by atoms with Crippen LogP contribution < -0.4 is 0 Å². The molecular formula is C12H18ClNO3S. The summed E-state index contributed by atoms with van der Waals surface area (Å²) >= 11 is 5.85. The number of sulfonamides is 1. The van der Waals surface area contributed by atoms with Crippen LogP contribution in [0, 0.1) is 0 Å². The molecule has 0 unspecified atom stereocenters. The van der Waals surface area contributed by atoms with Crippen molar-refractivity contribution in [1.82, 2.24) is 4.31 Å².